The minimum Gasteiger partial charge on any atom is -0.492 e. The Morgan fingerprint density at radius 3 is 2.70 bits per heavy atom. The third-order valence-corrected chi connectivity index (χ3v) is 6.70. The number of aliphatic hydroxyl groups is 1. The largest absolute Gasteiger partial charge is 0.492 e. The van der Waals surface area contributed by atoms with Crippen molar-refractivity contribution in [3.63, 3.8) is 0 Å². The maximum Gasteiger partial charge on any atom is 0.273 e. The van der Waals surface area contributed by atoms with Gasteiger partial charge in [-0.1, -0.05) is 12.1 Å². The maximum atomic E-state index is 12.8. The van der Waals surface area contributed by atoms with Crippen molar-refractivity contribution >= 4 is 17.2 Å². The molecule has 1 amide bonds. The fourth-order valence-electron chi connectivity index (χ4n) is 4.11. The number of aliphatic hydroxyl groups excluding tert-OH is 1. The molecule has 3 heterocycles. The number of carbonyl (C=O) groups excluding carboxylic acids is 1. The number of aromatic nitrogens is 1. The number of rotatable bonds is 6. The Hall–Kier alpha value is -2.00. The Kier molecular flexibility index (Phi) is 6.67. The number of piperidine rings is 1. The highest BCUT2D eigenvalue weighted by Crippen LogP contribution is 2.31. The Labute approximate surface area is 181 Å². The SMILES string of the molecule is Cc1nc(C(=O)N2CCOC3(CCN(CCOc4ccc(CO)cc4)CC3)C2)cs1. The summed E-state index contributed by atoms with van der Waals surface area (Å²) < 4.78 is 12.0. The highest BCUT2D eigenvalue weighted by atomic mass is 32.1. The summed E-state index contributed by atoms with van der Waals surface area (Å²) in [5, 5.41) is 11.9. The zero-order chi connectivity index (χ0) is 21.0. The van der Waals surface area contributed by atoms with Crippen LogP contribution in [0.15, 0.2) is 29.6 Å². The number of morpholine rings is 1. The first-order valence-electron chi connectivity index (χ1n) is 10.5. The van der Waals surface area contributed by atoms with E-state index in [0.29, 0.717) is 32.0 Å². The lowest BCUT2D eigenvalue weighted by atomic mass is 9.89. The van der Waals surface area contributed by atoms with Crippen molar-refractivity contribution in [3.8, 4) is 5.75 Å². The fraction of sp³-hybridized carbons (Fsp3) is 0.545. The summed E-state index contributed by atoms with van der Waals surface area (Å²) in [4.78, 5) is 21.4. The lowest BCUT2D eigenvalue weighted by Gasteiger charge is -2.47. The molecule has 30 heavy (non-hydrogen) atoms. The average molecular weight is 432 g/mol. The van der Waals surface area contributed by atoms with Crippen LogP contribution in [0.1, 0.15) is 33.9 Å². The van der Waals surface area contributed by atoms with Crippen molar-refractivity contribution in [1.29, 1.82) is 0 Å². The van der Waals surface area contributed by atoms with E-state index in [1.807, 2.05) is 41.5 Å². The van der Waals surface area contributed by atoms with E-state index in [1.165, 1.54) is 11.3 Å². The fourth-order valence-corrected chi connectivity index (χ4v) is 4.70. The molecule has 0 aliphatic carbocycles. The number of aryl methyl sites for hydroxylation is 1. The predicted octanol–water partition coefficient (Wildman–Crippen LogP) is 2.33. The zero-order valence-electron chi connectivity index (χ0n) is 17.4. The van der Waals surface area contributed by atoms with Gasteiger partial charge in [0.1, 0.15) is 18.1 Å². The summed E-state index contributed by atoms with van der Waals surface area (Å²) in [6.07, 6.45) is 1.83. The molecule has 0 unspecified atom stereocenters. The van der Waals surface area contributed by atoms with Crippen molar-refractivity contribution in [2.75, 3.05) is 45.9 Å². The minimum atomic E-state index is -0.240. The van der Waals surface area contributed by atoms with E-state index in [2.05, 4.69) is 9.88 Å². The van der Waals surface area contributed by atoms with Crippen molar-refractivity contribution in [2.45, 2.75) is 32.0 Å². The van der Waals surface area contributed by atoms with Gasteiger partial charge in [0.25, 0.3) is 5.91 Å². The number of thiazole rings is 1. The van der Waals surface area contributed by atoms with E-state index >= 15 is 0 Å². The summed E-state index contributed by atoms with van der Waals surface area (Å²) in [6, 6.07) is 7.53. The molecule has 2 aliphatic rings. The normalized spacial score (nSPS) is 19.2. The molecule has 2 saturated heterocycles. The van der Waals surface area contributed by atoms with Crippen molar-refractivity contribution in [2.24, 2.45) is 0 Å². The smallest absolute Gasteiger partial charge is 0.273 e. The van der Waals surface area contributed by atoms with Gasteiger partial charge in [0.05, 0.1) is 30.4 Å². The number of amides is 1. The van der Waals surface area contributed by atoms with Crippen LogP contribution in [0.3, 0.4) is 0 Å². The Bertz CT molecular complexity index is 846. The van der Waals surface area contributed by atoms with E-state index < -0.39 is 0 Å². The summed E-state index contributed by atoms with van der Waals surface area (Å²) in [7, 11) is 0. The van der Waals surface area contributed by atoms with Crippen molar-refractivity contribution in [3.05, 3.63) is 45.9 Å². The van der Waals surface area contributed by atoms with Gasteiger partial charge in [-0.3, -0.25) is 9.69 Å². The first-order valence-corrected chi connectivity index (χ1v) is 11.4. The summed E-state index contributed by atoms with van der Waals surface area (Å²) in [5.74, 6) is 0.841. The Balaban J connectivity index is 1.24. The predicted molar refractivity (Wildman–Crippen MR) is 115 cm³/mol. The molecule has 162 valence electrons. The van der Waals surface area contributed by atoms with Gasteiger partial charge in [-0.2, -0.15) is 0 Å². The summed E-state index contributed by atoms with van der Waals surface area (Å²) >= 11 is 1.51. The van der Waals surface area contributed by atoms with E-state index in [-0.39, 0.29) is 18.1 Å². The van der Waals surface area contributed by atoms with Gasteiger partial charge in [0.2, 0.25) is 0 Å². The third-order valence-electron chi connectivity index (χ3n) is 5.92. The van der Waals surface area contributed by atoms with Gasteiger partial charge in [0, 0.05) is 31.6 Å². The highest BCUT2D eigenvalue weighted by molar-refractivity contribution is 7.09. The molecule has 0 saturated carbocycles. The molecule has 0 atom stereocenters. The molecular weight excluding hydrogens is 402 g/mol. The molecule has 2 fully saturated rings. The van der Waals surface area contributed by atoms with Crippen molar-refractivity contribution in [1.82, 2.24) is 14.8 Å². The van der Waals surface area contributed by atoms with Crippen molar-refractivity contribution < 1.29 is 19.4 Å². The number of carbonyl (C=O) groups is 1. The summed E-state index contributed by atoms with van der Waals surface area (Å²) in [6.45, 7) is 7.18. The van der Waals surface area contributed by atoms with E-state index in [0.717, 1.165) is 48.8 Å². The van der Waals surface area contributed by atoms with Crippen LogP contribution in [0.4, 0.5) is 0 Å². The summed E-state index contributed by atoms with van der Waals surface area (Å²) in [5.41, 5.74) is 1.20. The number of ether oxygens (including phenoxy) is 2. The van der Waals surface area contributed by atoms with Crippen LogP contribution in [0.5, 0.6) is 5.75 Å². The molecule has 2 aliphatic heterocycles. The molecule has 1 spiro atoms. The molecule has 4 rings (SSSR count). The van der Waals surface area contributed by atoms with Gasteiger partial charge in [0.15, 0.2) is 0 Å². The van der Waals surface area contributed by atoms with E-state index in [4.69, 9.17) is 14.6 Å². The first-order chi connectivity index (χ1) is 14.6. The van der Waals surface area contributed by atoms with E-state index in [9.17, 15) is 4.79 Å². The molecule has 1 aromatic heterocycles. The third kappa shape index (κ3) is 5.00. The molecule has 8 heteroatoms. The van der Waals surface area contributed by atoms with Gasteiger partial charge in [-0.05, 0) is 37.5 Å². The second-order valence-corrected chi connectivity index (χ2v) is 9.06. The van der Waals surface area contributed by atoms with Crippen LogP contribution in [0, 0.1) is 6.92 Å². The van der Waals surface area contributed by atoms with E-state index in [1.54, 1.807) is 0 Å². The molecule has 0 radical (unpaired) electrons. The second-order valence-electron chi connectivity index (χ2n) is 8.00. The number of nitrogens with zero attached hydrogens (tertiary/aromatic N) is 3. The van der Waals surface area contributed by atoms with Gasteiger partial charge < -0.3 is 19.5 Å². The zero-order valence-corrected chi connectivity index (χ0v) is 18.2. The highest BCUT2D eigenvalue weighted by Gasteiger charge is 2.41. The number of likely N-dealkylation sites (tertiary alicyclic amines) is 1. The van der Waals surface area contributed by atoms with Crippen LogP contribution in [-0.4, -0.2) is 77.3 Å². The Morgan fingerprint density at radius 1 is 1.27 bits per heavy atom. The standard InChI is InChI=1S/C22H29N3O4S/c1-17-23-20(15-30-17)21(27)25-11-13-29-22(16-25)6-8-24(9-7-22)10-12-28-19-4-2-18(14-26)3-5-19/h2-5,15,26H,6-14,16H2,1H3. The molecule has 7 nitrogen and oxygen atoms in total. The van der Waals surface area contributed by atoms with Crippen LogP contribution in [-0.2, 0) is 11.3 Å². The van der Waals surface area contributed by atoms with Gasteiger partial charge >= 0.3 is 0 Å². The van der Waals surface area contributed by atoms with Gasteiger partial charge in [-0.15, -0.1) is 11.3 Å². The van der Waals surface area contributed by atoms with Gasteiger partial charge in [-0.25, -0.2) is 4.98 Å². The quantitative estimate of drug-likeness (QED) is 0.757. The lowest BCUT2D eigenvalue weighted by Crippen LogP contribution is -2.58. The molecule has 2 aromatic rings. The first kappa shape index (κ1) is 21.2. The topological polar surface area (TPSA) is 75.1 Å². The molecule has 0 bridgehead atoms. The number of benzene rings is 1. The lowest BCUT2D eigenvalue weighted by molar-refractivity contribution is -0.127. The monoisotopic (exact) mass is 431 g/mol. The number of hydrogen-bond acceptors (Lipinski definition) is 7. The van der Waals surface area contributed by atoms with Crippen LogP contribution < -0.4 is 4.74 Å². The number of hydrogen-bond donors (Lipinski definition) is 1. The van der Waals surface area contributed by atoms with Crippen LogP contribution in [0.25, 0.3) is 0 Å². The Morgan fingerprint density at radius 2 is 2.03 bits per heavy atom. The molecule has 1 N–H and O–H groups in total. The molecule has 1 aromatic carbocycles. The molecular formula is C22H29N3O4S. The average Bonchev–Trinajstić information content (AvgIpc) is 3.21. The minimum absolute atomic E-state index is 0.0186. The maximum absolute atomic E-state index is 12.8. The van der Waals surface area contributed by atoms with Crippen LogP contribution in [0.2, 0.25) is 0 Å². The van der Waals surface area contributed by atoms with Crippen LogP contribution >= 0.6 is 11.3 Å². The second kappa shape index (κ2) is 9.43.